The molecule has 0 aliphatic carbocycles. The van der Waals surface area contributed by atoms with E-state index in [2.05, 4.69) is 15.0 Å². The molecule has 1 amide bonds. The van der Waals surface area contributed by atoms with Crippen molar-refractivity contribution in [3.63, 3.8) is 0 Å². The molecule has 3 heterocycles. The third kappa shape index (κ3) is 2.85. The molecule has 26 heavy (non-hydrogen) atoms. The van der Waals surface area contributed by atoms with Gasteiger partial charge >= 0.3 is 0 Å². The molecule has 0 N–H and O–H groups in total. The molecule has 0 spiro atoms. The highest BCUT2D eigenvalue weighted by Gasteiger charge is 2.26. The predicted molar refractivity (Wildman–Crippen MR) is 98.8 cm³/mol. The van der Waals surface area contributed by atoms with Crippen LogP contribution in [0, 0.1) is 6.92 Å². The standard InChI is InChI=1S/C19H21N5O2/c1-14-7-8-24-18(21-14)15(13-20-24)19(25)23-11-9-22(10-12-23)16-5-3-4-6-17(16)26-2/h3-8,13H,9-12H2,1-2H3. The molecule has 3 aromatic rings. The summed E-state index contributed by atoms with van der Waals surface area (Å²) >= 11 is 0. The van der Waals surface area contributed by atoms with E-state index in [9.17, 15) is 4.79 Å². The number of aryl methyl sites for hydroxylation is 1. The van der Waals surface area contributed by atoms with Crippen LogP contribution in [0.3, 0.4) is 0 Å². The van der Waals surface area contributed by atoms with Gasteiger partial charge in [-0.05, 0) is 25.1 Å². The lowest BCUT2D eigenvalue weighted by Crippen LogP contribution is -2.48. The summed E-state index contributed by atoms with van der Waals surface area (Å²) in [6.45, 7) is 4.74. The highest BCUT2D eigenvalue weighted by atomic mass is 16.5. The second kappa shape index (κ2) is 6.67. The summed E-state index contributed by atoms with van der Waals surface area (Å²) in [7, 11) is 1.68. The van der Waals surface area contributed by atoms with Gasteiger partial charge in [0.15, 0.2) is 5.65 Å². The van der Waals surface area contributed by atoms with E-state index in [1.165, 1.54) is 0 Å². The molecule has 4 rings (SSSR count). The highest BCUT2D eigenvalue weighted by Crippen LogP contribution is 2.28. The zero-order chi connectivity index (χ0) is 18.1. The molecule has 1 saturated heterocycles. The number of piperazine rings is 1. The van der Waals surface area contributed by atoms with Gasteiger partial charge in [0.25, 0.3) is 5.91 Å². The van der Waals surface area contributed by atoms with Crippen molar-refractivity contribution in [2.75, 3.05) is 38.2 Å². The predicted octanol–water partition coefficient (Wildman–Crippen LogP) is 2.01. The molecule has 0 bridgehead atoms. The van der Waals surface area contributed by atoms with Crippen LogP contribution in [0.2, 0.25) is 0 Å². The Morgan fingerprint density at radius 2 is 1.88 bits per heavy atom. The first-order valence-electron chi connectivity index (χ1n) is 8.65. The highest BCUT2D eigenvalue weighted by molar-refractivity contribution is 5.99. The van der Waals surface area contributed by atoms with E-state index in [0.29, 0.717) is 24.3 Å². The summed E-state index contributed by atoms with van der Waals surface area (Å²) in [5.41, 5.74) is 3.10. The monoisotopic (exact) mass is 351 g/mol. The van der Waals surface area contributed by atoms with E-state index in [-0.39, 0.29) is 5.91 Å². The molecular formula is C19H21N5O2. The number of hydrogen-bond donors (Lipinski definition) is 0. The molecule has 7 heteroatoms. The van der Waals surface area contributed by atoms with Crippen molar-refractivity contribution < 1.29 is 9.53 Å². The van der Waals surface area contributed by atoms with Gasteiger partial charge < -0.3 is 14.5 Å². The maximum absolute atomic E-state index is 12.9. The number of methoxy groups -OCH3 is 1. The molecule has 2 aromatic heterocycles. The fourth-order valence-corrected chi connectivity index (χ4v) is 3.32. The van der Waals surface area contributed by atoms with Crippen molar-refractivity contribution in [3.05, 3.63) is 54.0 Å². The van der Waals surface area contributed by atoms with Crippen LogP contribution in [0.15, 0.2) is 42.7 Å². The second-order valence-electron chi connectivity index (χ2n) is 6.35. The average molecular weight is 351 g/mol. The Balaban J connectivity index is 1.50. The fraction of sp³-hybridized carbons (Fsp3) is 0.316. The lowest BCUT2D eigenvalue weighted by molar-refractivity contribution is 0.0748. The maximum atomic E-state index is 12.9. The number of para-hydroxylation sites is 2. The van der Waals surface area contributed by atoms with Gasteiger partial charge in [-0.15, -0.1) is 0 Å². The number of hydrogen-bond acceptors (Lipinski definition) is 5. The molecule has 1 aromatic carbocycles. The molecule has 1 fully saturated rings. The second-order valence-corrected chi connectivity index (χ2v) is 6.35. The third-order valence-electron chi connectivity index (χ3n) is 4.73. The minimum Gasteiger partial charge on any atom is -0.495 e. The summed E-state index contributed by atoms with van der Waals surface area (Å²) in [5.74, 6) is 0.840. The number of ether oxygens (including phenoxy) is 1. The Kier molecular flexibility index (Phi) is 4.20. The lowest BCUT2D eigenvalue weighted by atomic mass is 10.2. The van der Waals surface area contributed by atoms with Crippen LogP contribution < -0.4 is 9.64 Å². The minimum atomic E-state index is -0.0159. The number of carbonyl (C=O) groups excluding carboxylic acids is 1. The first-order valence-corrected chi connectivity index (χ1v) is 8.65. The van der Waals surface area contributed by atoms with Crippen LogP contribution in [0.25, 0.3) is 5.65 Å². The number of rotatable bonds is 3. The summed E-state index contributed by atoms with van der Waals surface area (Å²) < 4.78 is 7.09. The van der Waals surface area contributed by atoms with Crippen molar-refractivity contribution in [3.8, 4) is 5.75 Å². The van der Waals surface area contributed by atoms with Crippen molar-refractivity contribution in [2.45, 2.75) is 6.92 Å². The summed E-state index contributed by atoms with van der Waals surface area (Å²) in [6, 6.07) is 9.85. The molecule has 1 aliphatic rings. The molecule has 0 saturated carbocycles. The van der Waals surface area contributed by atoms with Crippen LogP contribution in [0.4, 0.5) is 5.69 Å². The minimum absolute atomic E-state index is 0.0159. The summed E-state index contributed by atoms with van der Waals surface area (Å²) in [4.78, 5) is 21.5. The summed E-state index contributed by atoms with van der Waals surface area (Å²) in [6.07, 6.45) is 3.44. The van der Waals surface area contributed by atoms with Gasteiger partial charge in [-0.3, -0.25) is 4.79 Å². The Labute approximate surface area is 151 Å². The first kappa shape index (κ1) is 16.4. The van der Waals surface area contributed by atoms with Crippen molar-refractivity contribution in [1.82, 2.24) is 19.5 Å². The van der Waals surface area contributed by atoms with Crippen molar-refractivity contribution >= 4 is 17.2 Å². The first-order chi connectivity index (χ1) is 12.7. The lowest BCUT2D eigenvalue weighted by Gasteiger charge is -2.36. The van der Waals surface area contributed by atoms with E-state index in [1.54, 1.807) is 17.8 Å². The van der Waals surface area contributed by atoms with Crippen molar-refractivity contribution in [1.29, 1.82) is 0 Å². The Morgan fingerprint density at radius 3 is 2.65 bits per heavy atom. The van der Waals surface area contributed by atoms with E-state index in [4.69, 9.17) is 4.74 Å². The van der Waals surface area contributed by atoms with E-state index < -0.39 is 0 Å². The van der Waals surface area contributed by atoms with Gasteiger partial charge in [0.05, 0.1) is 19.0 Å². The topological polar surface area (TPSA) is 63.0 Å². The SMILES string of the molecule is COc1ccccc1N1CCN(C(=O)c2cnn3ccc(C)nc23)CC1. The normalized spacial score (nSPS) is 14.7. The van der Waals surface area contributed by atoms with Gasteiger partial charge in [0.2, 0.25) is 0 Å². The van der Waals surface area contributed by atoms with Gasteiger partial charge in [-0.1, -0.05) is 12.1 Å². The third-order valence-corrected chi connectivity index (χ3v) is 4.73. The molecule has 0 unspecified atom stereocenters. The van der Waals surface area contributed by atoms with Crippen molar-refractivity contribution in [2.24, 2.45) is 0 Å². The van der Waals surface area contributed by atoms with Crippen LogP contribution in [-0.2, 0) is 0 Å². The Bertz CT molecular complexity index is 944. The summed E-state index contributed by atoms with van der Waals surface area (Å²) in [5, 5.41) is 4.24. The maximum Gasteiger partial charge on any atom is 0.259 e. The number of fused-ring (bicyclic) bond motifs is 1. The Morgan fingerprint density at radius 1 is 1.12 bits per heavy atom. The zero-order valence-electron chi connectivity index (χ0n) is 14.9. The van der Waals surface area contributed by atoms with E-state index in [0.717, 1.165) is 30.2 Å². The molecular weight excluding hydrogens is 330 g/mol. The fourth-order valence-electron chi connectivity index (χ4n) is 3.32. The number of nitrogens with zero attached hydrogens (tertiary/aromatic N) is 5. The largest absolute Gasteiger partial charge is 0.495 e. The smallest absolute Gasteiger partial charge is 0.259 e. The van der Waals surface area contributed by atoms with Crippen LogP contribution >= 0.6 is 0 Å². The number of anilines is 1. The molecule has 0 atom stereocenters. The van der Waals surface area contributed by atoms with Crippen LogP contribution in [-0.4, -0.2) is 58.7 Å². The van der Waals surface area contributed by atoms with Gasteiger partial charge in [0, 0.05) is 38.1 Å². The molecule has 0 radical (unpaired) electrons. The number of benzene rings is 1. The number of aromatic nitrogens is 3. The number of amides is 1. The van der Waals surface area contributed by atoms with Gasteiger partial charge in [-0.2, -0.15) is 5.10 Å². The Hall–Kier alpha value is -3.09. The van der Waals surface area contributed by atoms with Gasteiger partial charge in [-0.25, -0.2) is 9.50 Å². The van der Waals surface area contributed by atoms with Crippen LogP contribution in [0.5, 0.6) is 5.75 Å². The molecule has 1 aliphatic heterocycles. The van der Waals surface area contributed by atoms with Crippen LogP contribution in [0.1, 0.15) is 16.1 Å². The average Bonchev–Trinajstić information content (AvgIpc) is 3.10. The number of carbonyl (C=O) groups is 1. The molecule has 134 valence electrons. The quantitative estimate of drug-likeness (QED) is 0.722. The van der Waals surface area contributed by atoms with E-state index >= 15 is 0 Å². The zero-order valence-corrected chi connectivity index (χ0v) is 14.9. The van der Waals surface area contributed by atoms with Gasteiger partial charge in [0.1, 0.15) is 11.3 Å². The molecule has 7 nitrogen and oxygen atoms in total. The van der Waals surface area contributed by atoms with E-state index in [1.807, 2.05) is 48.4 Å².